The van der Waals surface area contributed by atoms with E-state index in [-0.39, 0.29) is 16.4 Å². The number of aromatic carboxylic acids is 1. The Kier molecular flexibility index (Phi) is 6.40. The van der Waals surface area contributed by atoms with E-state index in [2.05, 4.69) is 9.88 Å². The molecular formula is C12H17N3O4S. The van der Waals surface area contributed by atoms with Crippen LogP contribution in [0.1, 0.15) is 24.3 Å². The van der Waals surface area contributed by atoms with E-state index < -0.39 is 10.9 Å². The number of carboxylic acids is 1. The second kappa shape index (κ2) is 7.81. The number of pyridine rings is 1. The lowest BCUT2D eigenvalue weighted by Crippen LogP contribution is -2.25. The molecule has 0 aliphatic rings. The third kappa shape index (κ3) is 4.46. The molecule has 1 rings (SSSR count). The van der Waals surface area contributed by atoms with Crippen molar-refractivity contribution in [3.05, 3.63) is 27.9 Å². The Balaban J connectivity index is 2.82. The third-order valence-electron chi connectivity index (χ3n) is 2.80. The van der Waals surface area contributed by atoms with Crippen molar-refractivity contribution in [3.8, 4) is 0 Å². The average molecular weight is 299 g/mol. The van der Waals surface area contributed by atoms with Crippen LogP contribution in [-0.2, 0) is 0 Å². The summed E-state index contributed by atoms with van der Waals surface area (Å²) in [5, 5.41) is 19.9. The van der Waals surface area contributed by atoms with Crippen molar-refractivity contribution in [2.45, 2.75) is 18.9 Å². The molecule has 1 aromatic heterocycles. The number of carbonyl (C=O) groups is 1. The van der Waals surface area contributed by atoms with E-state index in [0.717, 1.165) is 25.7 Å². The highest BCUT2D eigenvalue weighted by molar-refractivity contribution is 7.99. The molecule has 0 aromatic carbocycles. The Morgan fingerprint density at radius 3 is 2.60 bits per heavy atom. The van der Waals surface area contributed by atoms with Crippen LogP contribution in [0.5, 0.6) is 0 Å². The first-order valence-electron chi connectivity index (χ1n) is 6.23. The van der Waals surface area contributed by atoms with Gasteiger partial charge in [-0.25, -0.2) is 9.78 Å². The normalized spacial score (nSPS) is 10.8. The minimum absolute atomic E-state index is 0.153. The van der Waals surface area contributed by atoms with Crippen molar-refractivity contribution in [1.29, 1.82) is 0 Å². The van der Waals surface area contributed by atoms with Crippen LogP contribution in [0.4, 0.5) is 5.69 Å². The fourth-order valence-corrected chi connectivity index (χ4v) is 2.60. The van der Waals surface area contributed by atoms with Gasteiger partial charge in [0, 0.05) is 18.4 Å². The summed E-state index contributed by atoms with van der Waals surface area (Å²) in [6.45, 7) is 6.66. The van der Waals surface area contributed by atoms with Crippen LogP contribution in [-0.4, -0.2) is 51.3 Å². The minimum Gasteiger partial charge on any atom is -0.477 e. The summed E-state index contributed by atoms with van der Waals surface area (Å²) in [6, 6.07) is 2.34. The number of hydrogen-bond donors (Lipinski definition) is 1. The zero-order chi connectivity index (χ0) is 15.1. The molecule has 0 fully saturated rings. The Morgan fingerprint density at radius 1 is 1.45 bits per heavy atom. The fourth-order valence-electron chi connectivity index (χ4n) is 1.61. The molecule has 0 saturated heterocycles. The molecule has 1 heterocycles. The standard InChI is InChI=1S/C12H17N3O4S/c1-3-14(4-2)7-8-20-11-10(15(18)19)6-5-9(13-11)12(16)17/h5-6H,3-4,7-8H2,1-2H3,(H,16,17). The molecule has 0 spiro atoms. The summed E-state index contributed by atoms with van der Waals surface area (Å²) in [4.78, 5) is 27.2. The third-order valence-corrected chi connectivity index (χ3v) is 3.76. The smallest absolute Gasteiger partial charge is 0.354 e. The lowest BCUT2D eigenvalue weighted by molar-refractivity contribution is -0.388. The highest BCUT2D eigenvalue weighted by Crippen LogP contribution is 2.27. The van der Waals surface area contributed by atoms with Gasteiger partial charge in [-0.2, -0.15) is 0 Å². The zero-order valence-corrected chi connectivity index (χ0v) is 12.2. The SMILES string of the molecule is CCN(CC)CCSc1nc(C(=O)O)ccc1[N+](=O)[O-]. The number of hydrogen-bond acceptors (Lipinski definition) is 6. The summed E-state index contributed by atoms with van der Waals surface area (Å²) >= 11 is 1.21. The van der Waals surface area contributed by atoms with Gasteiger partial charge in [0.2, 0.25) is 0 Å². The van der Waals surface area contributed by atoms with Crippen molar-refractivity contribution in [3.63, 3.8) is 0 Å². The maximum atomic E-state index is 10.9. The van der Waals surface area contributed by atoms with Crippen LogP contribution >= 0.6 is 11.8 Å². The predicted molar refractivity (Wildman–Crippen MR) is 76.4 cm³/mol. The first-order chi connectivity index (χ1) is 9.49. The van der Waals surface area contributed by atoms with Crippen LogP contribution < -0.4 is 0 Å². The van der Waals surface area contributed by atoms with Crippen LogP contribution in [0, 0.1) is 10.1 Å². The largest absolute Gasteiger partial charge is 0.477 e. The lowest BCUT2D eigenvalue weighted by atomic mass is 10.3. The van der Waals surface area contributed by atoms with Crippen LogP contribution in [0.25, 0.3) is 0 Å². The Bertz CT molecular complexity index is 492. The van der Waals surface area contributed by atoms with Crippen LogP contribution in [0.2, 0.25) is 0 Å². The molecule has 0 unspecified atom stereocenters. The van der Waals surface area contributed by atoms with Gasteiger partial charge < -0.3 is 10.0 Å². The van der Waals surface area contributed by atoms with Crippen LogP contribution in [0.3, 0.4) is 0 Å². The molecule has 20 heavy (non-hydrogen) atoms. The summed E-state index contributed by atoms with van der Waals surface area (Å²) in [6.07, 6.45) is 0. The molecule has 0 radical (unpaired) electrons. The van der Waals surface area contributed by atoms with E-state index in [1.807, 2.05) is 13.8 Å². The Hall–Kier alpha value is -1.67. The second-order valence-corrected chi connectivity index (χ2v) is 5.04. The second-order valence-electron chi connectivity index (χ2n) is 3.96. The summed E-state index contributed by atoms with van der Waals surface area (Å²) < 4.78 is 0. The first kappa shape index (κ1) is 16.4. The molecule has 7 nitrogen and oxygen atoms in total. The van der Waals surface area contributed by atoms with Gasteiger partial charge >= 0.3 is 11.7 Å². The number of thioether (sulfide) groups is 1. The molecule has 1 aromatic rings. The highest BCUT2D eigenvalue weighted by atomic mass is 32.2. The molecule has 8 heteroatoms. The highest BCUT2D eigenvalue weighted by Gasteiger charge is 2.18. The van der Waals surface area contributed by atoms with Gasteiger partial charge in [0.15, 0.2) is 5.03 Å². The van der Waals surface area contributed by atoms with Gasteiger partial charge in [0.25, 0.3) is 0 Å². The van der Waals surface area contributed by atoms with Gasteiger partial charge in [0.1, 0.15) is 5.69 Å². The topological polar surface area (TPSA) is 96.6 Å². The summed E-state index contributed by atoms with van der Waals surface area (Å²) in [5.41, 5.74) is -0.333. The lowest BCUT2D eigenvalue weighted by Gasteiger charge is -2.17. The minimum atomic E-state index is -1.19. The van der Waals surface area contributed by atoms with E-state index >= 15 is 0 Å². The van der Waals surface area contributed by atoms with Crippen molar-refractivity contribution < 1.29 is 14.8 Å². The fraction of sp³-hybridized carbons (Fsp3) is 0.500. The summed E-state index contributed by atoms with van der Waals surface area (Å²) in [7, 11) is 0. The number of aromatic nitrogens is 1. The molecule has 1 N–H and O–H groups in total. The van der Waals surface area contributed by atoms with Crippen molar-refractivity contribution in [1.82, 2.24) is 9.88 Å². The molecule has 0 bridgehead atoms. The van der Waals surface area contributed by atoms with Gasteiger partial charge in [0.05, 0.1) is 4.92 Å². The average Bonchev–Trinajstić information content (AvgIpc) is 2.43. The molecule has 0 amide bonds. The van der Waals surface area contributed by atoms with Crippen molar-refractivity contribution >= 4 is 23.4 Å². The van der Waals surface area contributed by atoms with E-state index in [1.54, 1.807) is 0 Å². The van der Waals surface area contributed by atoms with E-state index in [1.165, 1.54) is 17.8 Å². The Morgan fingerprint density at radius 2 is 2.10 bits per heavy atom. The molecule has 0 saturated carbocycles. The maximum Gasteiger partial charge on any atom is 0.354 e. The first-order valence-corrected chi connectivity index (χ1v) is 7.22. The number of nitro groups is 1. The van der Waals surface area contributed by atoms with Crippen molar-refractivity contribution in [2.24, 2.45) is 0 Å². The molecular weight excluding hydrogens is 282 g/mol. The van der Waals surface area contributed by atoms with Gasteiger partial charge in [-0.15, -0.1) is 0 Å². The van der Waals surface area contributed by atoms with E-state index in [9.17, 15) is 14.9 Å². The monoisotopic (exact) mass is 299 g/mol. The predicted octanol–water partition coefficient (Wildman–Crippen LogP) is 2.12. The number of nitrogens with zero attached hydrogens (tertiary/aromatic N) is 3. The van der Waals surface area contributed by atoms with Gasteiger partial charge in [-0.1, -0.05) is 25.6 Å². The zero-order valence-electron chi connectivity index (χ0n) is 11.4. The van der Waals surface area contributed by atoms with Crippen molar-refractivity contribution in [2.75, 3.05) is 25.4 Å². The Labute approximate surface area is 121 Å². The van der Waals surface area contributed by atoms with Crippen LogP contribution in [0.15, 0.2) is 17.2 Å². The maximum absolute atomic E-state index is 10.9. The molecule has 0 atom stereocenters. The number of rotatable bonds is 8. The van der Waals surface area contributed by atoms with E-state index in [4.69, 9.17) is 5.11 Å². The number of carboxylic acid groups (broad SMARTS) is 1. The molecule has 0 aliphatic carbocycles. The summed E-state index contributed by atoms with van der Waals surface area (Å²) in [5.74, 6) is -0.566. The van der Waals surface area contributed by atoms with E-state index in [0.29, 0.717) is 5.75 Å². The van der Waals surface area contributed by atoms with Gasteiger partial charge in [-0.3, -0.25) is 10.1 Å². The van der Waals surface area contributed by atoms with Gasteiger partial charge in [-0.05, 0) is 19.2 Å². The molecule has 0 aliphatic heterocycles. The quantitative estimate of drug-likeness (QED) is 0.446. The molecule has 110 valence electrons.